The highest BCUT2D eigenvalue weighted by Gasteiger charge is 2.30. The summed E-state index contributed by atoms with van der Waals surface area (Å²) in [7, 11) is -3.68. The summed E-state index contributed by atoms with van der Waals surface area (Å²) >= 11 is 0. The van der Waals surface area contributed by atoms with E-state index in [0.29, 0.717) is 6.54 Å². The van der Waals surface area contributed by atoms with Crippen LogP contribution in [0.5, 0.6) is 0 Å². The second kappa shape index (κ2) is 6.89. The Hall–Kier alpha value is -2.12. The van der Waals surface area contributed by atoms with Gasteiger partial charge in [-0.2, -0.15) is 0 Å². The lowest BCUT2D eigenvalue weighted by atomic mass is 9.83. The highest BCUT2D eigenvalue weighted by Crippen LogP contribution is 2.31. The van der Waals surface area contributed by atoms with Crippen LogP contribution in [0.3, 0.4) is 0 Å². The summed E-state index contributed by atoms with van der Waals surface area (Å²) in [6.45, 7) is 0.513. The quantitative estimate of drug-likeness (QED) is 0.813. The average molecular weight is 374 g/mol. The van der Waals surface area contributed by atoms with Crippen molar-refractivity contribution in [2.75, 3.05) is 6.54 Å². The molecule has 1 aromatic heterocycles. The van der Waals surface area contributed by atoms with Crippen LogP contribution < -0.4 is 10.0 Å². The lowest BCUT2D eigenvalue weighted by Gasteiger charge is -2.25. The van der Waals surface area contributed by atoms with Crippen LogP contribution in [0.2, 0.25) is 0 Å². The predicted molar refractivity (Wildman–Crippen MR) is 96.5 cm³/mol. The number of rotatable bonds is 6. The van der Waals surface area contributed by atoms with E-state index in [1.54, 1.807) is 0 Å². The number of furan rings is 1. The van der Waals surface area contributed by atoms with Gasteiger partial charge in [-0.05, 0) is 55.4 Å². The third-order valence-corrected chi connectivity index (χ3v) is 6.36. The zero-order valence-electron chi connectivity index (χ0n) is 14.4. The van der Waals surface area contributed by atoms with Crippen LogP contribution >= 0.6 is 0 Å². The van der Waals surface area contributed by atoms with Crippen LogP contribution in [-0.2, 0) is 16.4 Å². The smallest absolute Gasteiger partial charge is 0.287 e. The summed E-state index contributed by atoms with van der Waals surface area (Å²) in [6.07, 6.45) is 4.90. The molecule has 2 aliphatic carbocycles. The number of amides is 1. The maximum Gasteiger partial charge on any atom is 0.287 e. The Labute approximate surface area is 153 Å². The van der Waals surface area contributed by atoms with Gasteiger partial charge in [0.15, 0.2) is 5.76 Å². The largest absolute Gasteiger partial charge is 0.438 e. The van der Waals surface area contributed by atoms with Crippen LogP contribution in [0.4, 0.5) is 0 Å². The number of hydrogen-bond donors (Lipinski definition) is 2. The fourth-order valence-electron chi connectivity index (χ4n) is 3.43. The molecule has 0 saturated heterocycles. The van der Waals surface area contributed by atoms with Crippen molar-refractivity contribution >= 4 is 15.9 Å². The maximum atomic E-state index is 12.4. The molecule has 0 bridgehead atoms. The van der Waals surface area contributed by atoms with Gasteiger partial charge in [0.25, 0.3) is 15.9 Å². The highest BCUT2D eigenvalue weighted by atomic mass is 32.2. The SMILES string of the molecule is O=C(NC[C@@H]1CCCc2ccccc21)c1ccc(S(=O)(=O)NC2CC2)o1. The monoisotopic (exact) mass is 374 g/mol. The van der Waals surface area contributed by atoms with Gasteiger partial charge in [-0.3, -0.25) is 4.79 Å². The van der Waals surface area contributed by atoms with Crippen LogP contribution in [0.15, 0.2) is 45.9 Å². The molecule has 2 N–H and O–H groups in total. The van der Waals surface area contributed by atoms with Gasteiger partial charge in [-0.15, -0.1) is 0 Å². The molecule has 0 unspecified atom stereocenters. The Balaban J connectivity index is 1.40. The molecule has 1 atom stereocenters. The summed E-state index contributed by atoms with van der Waals surface area (Å²) in [5, 5.41) is 2.67. The van der Waals surface area contributed by atoms with Crippen molar-refractivity contribution in [1.82, 2.24) is 10.0 Å². The van der Waals surface area contributed by atoms with E-state index in [0.717, 1.165) is 32.1 Å². The molecule has 0 spiro atoms. The lowest BCUT2D eigenvalue weighted by Crippen LogP contribution is -2.29. The number of carbonyl (C=O) groups is 1. The summed E-state index contributed by atoms with van der Waals surface area (Å²) < 4.78 is 32.1. The number of fused-ring (bicyclic) bond motifs is 1. The van der Waals surface area contributed by atoms with Gasteiger partial charge >= 0.3 is 0 Å². The van der Waals surface area contributed by atoms with Gasteiger partial charge < -0.3 is 9.73 Å². The topological polar surface area (TPSA) is 88.4 Å². The van der Waals surface area contributed by atoms with E-state index >= 15 is 0 Å². The molecule has 6 nitrogen and oxygen atoms in total. The van der Waals surface area contributed by atoms with E-state index in [-0.39, 0.29) is 28.7 Å². The number of hydrogen-bond acceptors (Lipinski definition) is 4. The van der Waals surface area contributed by atoms with Gasteiger partial charge in [0, 0.05) is 18.5 Å². The summed E-state index contributed by atoms with van der Waals surface area (Å²) in [6, 6.07) is 11.1. The van der Waals surface area contributed by atoms with Crippen molar-refractivity contribution < 1.29 is 17.6 Å². The second-order valence-corrected chi connectivity index (χ2v) is 8.66. The minimum Gasteiger partial charge on any atom is -0.438 e. The first-order chi connectivity index (χ1) is 12.5. The van der Waals surface area contributed by atoms with Gasteiger partial charge in [0.2, 0.25) is 5.09 Å². The molecule has 1 aromatic carbocycles. The van der Waals surface area contributed by atoms with Crippen molar-refractivity contribution in [3.63, 3.8) is 0 Å². The van der Waals surface area contributed by atoms with Gasteiger partial charge in [0.1, 0.15) is 0 Å². The summed E-state index contributed by atoms with van der Waals surface area (Å²) in [5.41, 5.74) is 2.63. The Kier molecular flexibility index (Phi) is 4.58. The molecule has 2 aromatic rings. The van der Waals surface area contributed by atoms with Gasteiger partial charge in [0.05, 0.1) is 0 Å². The Morgan fingerprint density at radius 1 is 1.12 bits per heavy atom. The fraction of sp³-hybridized carbons (Fsp3) is 0.421. The Morgan fingerprint density at radius 3 is 2.73 bits per heavy atom. The Morgan fingerprint density at radius 2 is 1.92 bits per heavy atom. The van der Waals surface area contributed by atoms with E-state index in [1.165, 1.54) is 23.3 Å². The summed E-state index contributed by atoms with van der Waals surface area (Å²) in [4.78, 5) is 12.4. The first-order valence-corrected chi connectivity index (χ1v) is 10.5. The minimum absolute atomic E-state index is 0.00579. The molecule has 1 amide bonds. The van der Waals surface area contributed by atoms with Crippen molar-refractivity contribution in [3.05, 3.63) is 53.3 Å². The third-order valence-electron chi connectivity index (χ3n) is 4.97. The zero-order valence-corrected chi connectivity index (χ0v) is 15.2. The zero-order chi connectivity index (χ0) is 18.1. The molecule has 7 heteroatoms. The third kappa shape index (κ3) is 3.68. The van der Waals surface area contributed by atoms with Crippen LogP contribution in [0.1, 0.15) is 53.3 Å². The first-order valence-electron chi connectivity index (χ1n) is 9.01. The molecule has 1 fully saturated rings. The van der Waals surface area contributed by atoms with Crippen LogP contribution in [0, 0.1) is 0 Å². The molecule has 26 heavy (non-hydrogen) atoms. The number of carbonyl (C=O) groups excluding carboxylic acids is 1. The van der Waals surface area contributed by atoms with E-state index in [4.69, 9.17) is 4.42 Å². The van der Waals surface area contributed by atoms with Gasteiger partial charge in [-0.1, -0.05) is 24.3 Å². The van der Waals surface area contributed by atoms with E-state index in [1.807, 2.05) is 12.1 Å². The fourth-order valence-corrected chi connectivity index (χ4v) is 4.67. The van der Waals surface area contributed by atoms with Crippen molar-refractivity contribution in [1.29, 1.82) is 0 Å². The standard InChI is InChI=1S/C19H22N2O4S/c22-19(17-10-11-18(25-17)26(23,24)21-15-8-9-15)20-12-14-6-3-5-13-4-1-2-7-16(13)14/h1-2,4,7,10-11,14-15,21H,3,5-6,8-9,12H2,(H,20,22)/t14-/m0/s1. The van der Waals surface area contributed by atoms with E-state index in [2.05, 4.69) is 22.2 Å². The highest BCUT2D eigenvalue weighted by molar-refractivity contribution is 7.89. The van der Waals surface area contributed by atoms with Crippen molar-refractivity contribution in [3.8, 4) is 0 Å². The molecule has 138 valence electrons. The molecule has 1 saturated carbocycles. The lowest BCUT2D eigenvalue weighted by molar-refractivity contribution is 0.0917. The summed E-state index contributed by atoms with van der Waals surface area (Å²) in [5.74, 6) is -0.0928. The van der Waals surface area contributed by atoms with E-state index < -0.39 is 10.0 Å². The van der Waals surface area contributed by atoms with Gasteiger partial charge in [-0.25, -0.2) is 13.1 Å². The Bertz CT molecular complexity index is 915. The molecule has 0 radical (unpaired) electrons. The normalized spacial score (nSPS) is 19.8. The number of nitrogens with one attached hydrogen (secondary N) is 2. The van der Waals surface area contributed by atoms with Crippen molar-refractivity contribution in [2.24, 2.45) is 0 Å². The molecular formula is C19H22N2O4S. The van der Waals surface area contributed by atoms with Crippen LogP contribution in [0.25, 0.3) is 0 Å². The van der Waals surface area contributed by atoms with Crippen molar-refractivity contribution in [2.45, 2.75) is 49.2 Å². The molecular weight excluding hydrogens is 352 g/mol. The predicted octanol–water partition coefficient (Wildman–Crippen LogP) is 2.57. The molecule has 0 aliphatic heterocycles. The first kappa shape index (κ1) is 17.3. The molecule has 2 aliphatic rings. The minimum atomic E-state index is -3.68. The molecule has 4 rings (SSSR count). The number of aryl methyl sites for hydroxylation is 1. The van der Waals surface area contributed by atoms with E-state index in [9.17, 15) is 13.2 Å². The average Bonchev–Trinajstić information content (AvgIpc) is 3.28. The number of benzene rings is 1. The van der Waals surface area contributed by atoms with Crippen LogP contribution in [-0.4, -0.2) is 26.9 Å². The second-order valence-electron chi connectivity index (χ2n) is 7.01. The maximum absolute atomic E-state index is 12.4. The molecule has 1 heterocycles. The number of sulfonamides is 1.